The van der Waals surface area contributed by atoms with Crippen molar-refractivity contribution in [3.63, 3.8) is 0 Å². The van der Waals surface area contributed by atoms with Crippen LogP contribution in [0.25, 0.3) is 0 Å². The van der Waals surface area contributed by atoms with Crippen molar-refractivity contribution < 1.29 is 4.79 Å². The van der Waals surface area contributed by atoms with Gasteiger partial charge in [-0.25, -0.2) is 0 Å². The van der Waals surface area contributed by atoms with Gasteiger partial charge < -0.3 is 15.6 Å². The molecule has 1 amide bonds. The van der Waals surface area contributed by atoms with E-state index in [0.29, 0.717) is 11.3 Å². The van der Waals surface area contributed by atoms with Gasteiger partial charge in [0.25, 0.3) is 11.5 Å². The topological polar surface area (TPSA) is 91.8 Å². The minimum atomic E-state index is -0.305. The molecule has 4 rings (SSSR count). The van der Waals surface area contributed by atoms with Crippen molar-refractivity contribution >= 4 is 23.1 Å². The minimum Gasteiger partial charge on any atom is -0.339 e. The van der Waals surface area contributed by atoms with Gasteiger partial charge >= 0.3 is 0 Å². The summed E-state index contributed by atoms with van der Waals surface area (Å²) >= 11 is 0. The predicted molar refractivity (Wildman–Crippen MR) is 105 cm³/mol. The van der Waals surface area contributed by atoms with Gasteiger partial charge in [-0.2, -0.15) is 5.10 Å². The summed E-state index contributed by atoms with van der Waals surface area (Å²) in [6.07, 6.45) is 5.87. The highest BCUT2D eigenvalue weighted by atomic mass is 16.2. The first kappa shape index (κ1) is 17.1. The van der Waals surface area contributed by atoms with Crippen LogP contribution in [0.5, 0.6) is 0 Å². The lowest BCUT2D eigenvalue weighted by Gasteiger charge is -2.16. The Morgan fingerprint density at radius 1 is 1.15 bits per heavy atom. The molecule has 1 aliphatic carbocycles. The Labute approximate surface area is 156 Å². The standard InChI is InChI=1S/C20H21N5O2/c1-25-11-10-18(24-25)21-15-8-6-13(7-9-15)19(26)23-17-12-14-4-2-3-5-16(14)22-20(17)27/h6-12H,2-5H2,1H3,(H,21,24)(H,22,27)(H,23,26). The fraction of sp³-hybridized carbons (Fsp3) is 0.250. The van der Waals surface area contributed by atoms with Crippen molar-refractivity contribution in [1.29, 1.82) is 0 Å². The van der Waals surface area contributed by atoms with Crippen LogP contribution in [0.4, 0.5) is 17.2 Å². The molecule has 0 saturated heterocycles. The second-order valence-electron chi connectivity index (χ2n) is 6.75. The Hall–Kier alpha value is -3.35. The monoisotopic (exact) mass is 363 g/mol. The van der Waals surface area contributed by atoms with Gasteiger partial charge in [0.15, 0.2) is 5.82 Å². The fourth-order valence-electron chi connectivity index (χ4n) is 3.30. The number of aryl methyl sites for hydroxylation is 3. The lowest BCUT2D eigenvalue weighted by molar-refractivity contribution is 0.102. The molecule has 0 atom stereocenters. The summed E-state index contributed by atoms with van der Waals surface area (Å²) in [7, 11) is 1.85. The Balaban J connectivity index is 1.47. The number of rotatable bonds is 4. The molecule has 0 spiro atoms. The molecule has 0 fully saturated rings. The second kappa shape index (κ2) is 7.11. The predicted octanol–water partition coefficient (Wildman–Crippen LogP) is 2.98. The van der Waals surface area contributed by atoms with E-state index in [-0.39, 0.29) is 11.5 Å². The summed E-state index contributed by atoms with van der Waals surface area (Å²) in [5.41, 5.74) is 3.48. The van der Waals surface area contributed by atoms with Gasteiger partial charge in [0.05, 0.1) is 0 Å². The molecular weight excluding hydrogens is 342 g/mol. The highest BCUT2D eigenvalue weighted by Crippen LogP contribution is 2.20. The zero-order valence-electron chi connectivity index (χ0n) is 15.1. The fourth-order valence-corrected chi connectivity index (χ4v) is 3.30. The minimum absolute atomic E-state index is 0.252. The van der Waals surface area contributed by atoms with Crippen LogP contribution >= 0.6 is 0 Å². The van der Waals surface area contributed by atoms with Crippen molar-refractivity contribution in [2.24, 2.45) is 7.05 Å². The molecule has 3 aromatic rings. The summed E-state index contributed by atoms with van der Waals surface area (Å²) < 4.78 is 1.71. The van der Waals surface area contributed by atoms with Crippen LogP contribution < -0.4 is 16.2 Å². The van der Waals surface area contributed by atoms with E-state index in [1.165, 1.54) is 0 Å². The average Bonchev–Trinajstić information content (AvgIpc) is 3.07. The molecule has 7 heteroatoms. The summed E-state index contributed by atoms with van der Waals surface area (Å²) in [6, 6.07) is 10.7. The van der Waals surface area contributed by atoms with E-state index in [9.17, 15) is 9.59 Å². The summed E-state index contributed by atoms with van der Waals surface area (Å²) in [5, 5.41) is 10.1. The second-order valence-corrected chi connectivity index (χ2v) is 6.75. The maximum absolute atomic E-state index is 12.5. The van der Waals surface area contributed by atoms with E-state index in [0.717, 1.165) is 48.4 Å². The smallest absolute Gasteiger partial charge is 0.271 e. The quantitative estimate of drug-likeness (QED) is 0.664. The molecule has 0 saturated carbocycles. The molecule has 27 heavy (non-hydrogen) atoms. The number of aromatic nitrogens is 3. The number of nitrogens with zero attached hydrogens (tertiary/aromatic N) is 2. The number of carbonyl (C=O) groups is 1. The van der Waals surface area contributed by atoms with Gasteiger partial charge in [-0.3, -0.25) is 14.3 Å². The van der Waals surface area contributed by atoms with Crippen LogP contribution in [0, 0.1) is 0 Å². The number of hydrogen-bond donors (Lipinski definition) is 3. The van der Waals surface area contributed by atoms with Crippen molar-refractivity contribution in [3.8, 4) is 0 Å². The Bertz CT molecular complexity index is 1030. The number of fused-ring (bicyclic) bond motifs is 1. The lowest BCUT2D eigenvalue weighted by Crippen LogP contribution is -2.22. The number of nitrogens with one attached hydrogen (secondary N) is 3. The summed E-state index contributed by atoms with van der Waals surface area (Å²) in [6.45, 7) is 0. The number of aromatic amines is 1. The Morgan fingerprint density at radius 3 is 2.67 bits per heavy atom. The molecule has 1 aliphatic rings. The van der Waals surface area contributed by atoms with Crippen LogP contribution in [0.3, 0.4) is 0 Å². The van der Waals surface area contributed by atoms with Crippen LogP contribution in [0.1, 0.15) is 34.5 Å². The van der Waals surface area contributed by atoms with E-state index in [2.05, 4.69) is 20.7 Å². The Kier molecular flexibility index (Phi) is 4.50. The number of hydrogen-bond acceptors (Lipinski definition) is 4. The van der Waals surface area contributed by atoms with Gasteiger partial charge in [-0.15, -0.1) is 0 Å². The first-order valence-corrected chi connectivity index (χ1v) is 9.02. The molecular formula is C20H21N5O2. The Morgan fingerprint density at radius 2 is 1.93 bits per heavy atom. The van der Waals surface area contributed by atoms with Crippen molar-refractivity contribution in [1.82, 2.24) is 14.8 Å². The van der Waals surface area contributed by atoms with Crippen LogP contribution in [0.2, 0.25) is 0 Å². The molecule has 2 aromatic heterocycles. The summed E-state index contributed by atoms with van der Waals surface area (Å²) in [5.74, 6) is 0.427. The molecule has 3 N–H and O–H groups in total. The highest BCUT2D eigenvalue weighted by Gasteiger charge is 2.15. The third kappa shape index (κ3) is 3.76. The van der Waals surface area contributed by atoms with Crippen LogP contribution in [0.15, 0.2) is 47.4 Å². The van der Waals surface area contributed by atoms with E-state index >= 15 is 0 Å². The van der Waals surface area contributed by atoms with Gasteiger partial charge in [-0.1, -0.05) is 0 Å². The largest absolute Gasteiger partial charge is 0.339 e. The maximum atomic E-state index is 12.5. The number of anilines is 3. The number of H-pyrrole nitrogens is 1. The van der Waals surface area contributed by atoms with E-state index in [1.807, 2.05) is 25.4 Å². The number of amides is 1. The molecule has 0 aliphatic heterocycles. The van der Waals surface area contributed by atoms with E-state index in [1.54, 1.807) is 28.9 Å². The van der Waals surface area contributed by atoms with Crippen molar-refractivity contribution in [2.45, 2.75) is 25.7 Å². The third-order valence-electron chi connectivity index (χ3n) is 4.72. The first-order chi connectivity index (χ1) is 13.1. The summed E-state index contributed by atoms with van der Waals surface area (Å²) in [4.78, 5) is 27.6. The molecule has 2 heterocycles. The number of benzene rings is 1. The maximum Gasteiger partial charge on any atom is 0.271 e. The zero-order valence-corrected chi connectivity index (χ0v) is 15.1. The SMILES string of the molecule is Cn1ccc(Nc2ccc(C(=O)Nc3cc4c([nH]c3=O)CCCC4)cc2)n1. The van der Waals surface area contributed by atoms with E-state index in [4.69, 9.17) is 0 Å². The van der Waals surface area contributed by atoms with Gasteiger partial charge in [0.1, 0.15) is 5.69 Å². The van der Waals surface area contributed by atoms with Gasteiger partial charge in [0.2, 0.25) is 0 Å². The first-order valence-electron chi connectivity index (χ1n) is 9.02. The highest BCUT2D eigenvalue weighted by molar-refractivity contribution is 6.04. The van der Waals surface area contributed by atoms with Crippen molar-refractivity contribution in [3.05, 3.63) is 69.8 Å². The van der Waals surface area contributed by atoms with E-state index < -0.39 is 0 Å². The molecule has 7 nitrogen and oxygen atoms in total. The number of carbonyl (C=O) groups excluding carboxylic acids is 1. The van der Waals surface area contributed by atoms with Gasteiger partial charge in [-0.05, 0) is 61.6 Å². The molecule has 0 radical (unpaired) electrons. The normalized spacial score (nSPS) is 13.1. The average molecular weight is 363 g/mol. The molecule has 0 bridgehead atoms. The van der Waals surface area contributed by atoms with Crippen molar-refractivity contribution in [2.75, 3.05) is 10.6 Å². The molecule has 0 unspecified atom stereocenters. The van der Waals surface area contributed by atoms with Gasteiger partial charge in [0, 0.05) is 36.3 Å². The lowest BCUT2D eigenvalue weighted by atomic mass is 9.96. The molecule has 138 valence electrons. The van der Waals surface area contributed by atoms with Crippen LogP contribution in [-0.4, -0.2) is 20.7 Å². The molecule has 1 aromatic carbocycles. The third-order valence-corrected chi connectivity index (χ3v) is 4.72. The van der Waals surface area contributed by atoms with Crippen LogP contribution in [-0.2, 0) is 19.9 Å². The zero-order chi connectivity index (χ0) is 18.8. The number of pyridine rings is 1.